The van der Waals surface area contributed by atoms with Crippen molar-refractivity contribution in [1.82, 2.24) is 4.90 Å². The summed E-state index contributed by atoms with van der Waals surface area (Å²) in [5.74, 6) is 0. The van der Waals surface area contributed by atoms with Crippen molar-refractivity contribution < 1.29 is 4.74 Å². The molecular formula is C9H19NO. The molecule has 0 bridgehead atoms. The van der Waals surface area contributed by atoms with Crippen molar-refractivity contribution in [3.63, 3.8) is 0 Å². The van der Waals surface area contributed by atoms with E-state index in [4.69, 9.17) is 4.74 Å². The van der Waals surface area contributed by atoms with Gasteiger partial charge in [0.2, 0.25) is 0 Å². The Morgan fingerprint density at radius 2 is 2.27 bits per heavy atom. The molecule has 1 heterocycles. The van der Waals surface area contributed by atoms with E-state index in [0.717, 1.165) is 6.54 Å². The topological polar surface area (TPSA) is 12.5 Å². The Kier molecular flexibility index (Phi) is 3.87. The van der Waals surface area contributed by atoms with Crippen LogP contribution in [-0.4, -0.2) is 37.7 Å². The smallest absolute Gasteiger partial charge is 0.0698 e. The minimum atomic E-state index is 0.484. The van der Waals surface area contributed by atoms with E-state index in [1.807, 2.05) is 7.11 Å². The summed E-state index contributed by atoms with van der Waals surface area (Å²) in [6, 6.07) is 0. The molecule has 1 aliphatic rings. The van der Waals surface area contributed by atoms with Gasteiger partial charge in [-0.2, -0.15) is 0 Å². The van der Waals surface area contributed by atoms with Gasteiger partial charge in [-0.15, -0.1) is 0 Å². The van der Waals surface area contributed by atoms with Crippen molar-refractivity contribution in [3.05, 3.63) is 0 Å². The predicted octanol–water partition coefficient (Wildman–Crippen LogP) is 1.51. The maximum atomic E-state index is 5.36. The van der Waals surface area contributed by atoms with Gasteiger partial charge in [-0.3, -0.25) is 0 Å². The van der Waals surface area contributed by atoms with Crippen LogP contribution in [0.25, 0.3) is 0 Å². The highest BCUT2D eigenvalue weighted by Gasteiger charge is 2.15. The summed E-state index contributed by atoms with van der Waals surface area (Å²) in [7, 11) is 1.82. The lowest BCUT2D eigenvalue weighted by atomic mass is 10.2. The Balaban J connectivity index is 2.33. The molecule has 0 amide bonds. The average molecular weight is 157 g/mol. The molecule has 0 N–H and O–H groups in total. The summed E-state index contributed by atoms with van der Waals surface area (Å²) in [5, 5.41) is 0. The zero-order valence-electron chi connectivity index (χ0n) is 7.68. The van der Waals surface area contributed by atoms with Crippen LogP contribution in [0.3, 0.4) is 0 Å². The SMILES string of the molecule is CCN1CCCC[C@@H](OC)C1. The van der Waals surface area contributed by atoms with Crippen molar-refractivity contribution in [2.24, 2.45) is 0 Å². The number of hydrogen-bond acceptors (Lipinski definition) is 2. The molecule has 0 aromatic rings. The lowest BCUT2D eigenvalue weighted by Gasteiger charge is -2.21. The molecule has 0 saturated carbocycles. The molecule has 0 unspecified atom stereocenters. The molecule has 0 spiro atoms. The Hall–Kier alpha value is -0.0800. The minimum absolute atomic E-state index is 0.484. The largest absolute Gasteiger partial charge is 0.380 e. The van der Waals surface area contributed by atoms with E-state index in [-0.39, 0.29) is 0 Å². The summed E-state index contributed by atoms with van der Waals surface area (Å²) >= 11 is 0. The highest BCUT2D eigenvalue weighted by Crippen LogP contribution is 2.11. The number of hydrogen-bond donors (Lipinski definition) is 0. The second-order valence-corrected chi connectivity index (χ2v) is 3.25. The zero-order chi connectivity index (χ0) is 8.10. The molecule has 0 radical (unpaired) electrons. The van der Waals surface area contributed by atoms with Crippen LogP contribution in [0.4, 0.5) is 0 Å². The number of likely N-dealkylation sites (tertiary alicyclic amines) is 1. The van der Waals surface area contributed by atoms with Gasteiger partial charge in [0.1, 0.15) is 0 Å². The molecule has 1 fully saturated rings. The van der Waals surface area contributed by atoms with Crippen LogP contribution in [-0.2, 0) is 4.74 Å². The summed E-state index contributed by atoms with van der Waals surface area (Å²) in [6.45, 7) is 5.78. The van der Waals surface area contributed by atoms with Crippen molar-refractivity contribution in [1.29, 1.82) is 0 Å². The van der Waals surface area contributed by atoms with Crippen LogP contribution in [0, 0.1) is 0 Å². The second kappa shape index (κ2) is 4.73. The van der Waals surface area contributed by atoms with Gasteiger partial charge in [0.15, 0.2) is 0 Å². The first-order valence-electron chi connectivity index (χ1n) is 4.62. The first kappa shape index (κ1) is 9.01. The fraction of sp³-hybridized carbons (Fsp3) is 1.00. The first-order chi connectivity index (χ1) is 5.36. The molecule has 2 nitrogen and oxygen atoms in total. The van der Waals surface area contributed by atoms with Crippen molar-refractivity contribution in [2.75, 3.05) is 26.7 Å². The van der Waals surface area contributed by atoms with E-state index in [9.17, 15) is 0 Å². The predicted molar refractivity (Wildman–Crippen MR) is 46.8 cm³/mol. The average Bonchev–Trinajstić information content (AvgIpc) is 2.28. The summed E-state index contributed by atoms with van der Waals surface area (Å²) < 4.78 is 5.36. The maximum Gasteiger partial charge on any atom is 0.0698 e. The molecular weight excluding hydrogens is 138 g/mol. The lowest BCUT2D eigenvalue weighted by Crippen LogP contribution is -2.31. The standard InChI is InChI=1S/C9H19NO/c1-3-10-7-5-4-6-9(8-10)11-2/h9H,3-8H2,1-2H3/t9-/m1/s1. The highest BCUT2D eigenvalue weighted by molar-refractivity contribution is 4.69. The van der Waals surface area contributed by atoms with Gasteiger partial charge in [0.05, 0.1) is 6.10 Å². The van der Waals surface area contributed by atoms with E-state index in [1.54, 1.807) is 0 Å². The molecule has 0 aromatic heterocycles. The quantitative estimate of drug-likeness (QED) is 0.602. The van der Waals surface area contributed by atoms with E-state index in [2.05, 4.69) is 11.8 Å². The molecule has 0 aromatic carbocycles. The third-order valence-corrected chi connectivity index (χ3v) is 2.49. The van der Waals surface area contributed by atoms with Crippen LogP contribution < -0.4 is 0 Å². The summed E-state index contributed by atoms with van der Waals surface area (Å²) in [6.07, 6.45) is 4.40. The molecule has 11 heavy (non-hydrogen) atoms. The molecule has 1 aliphatic heterocycles. The highest BCUT2D eigenvalue weighted by atomic mass is 16.5. The van der Waals surface area contributed by atoms with Crippen molar-refractivity contribution in [3.8, 4) is 0 Å². The fourth-order valence-electron chi connectivity index (χ4n) is 1.66. The molecule has 0 aliphatic carbocycles. The number of nitrogens with zero attached hydrogens (tertiary/aromatic N) is 1. The Bertz CT molecular complexity index is 93.7. The van der Waals surface area contributed by atoms with Gasteiger partial charge in [0, 0.05) is 13.7 Å². The molecule has 1 rings (SSSR count). The van der Waals surface area contributed by atoms with Crippen LogP contribution in [0.2, 0.25) is 0 Å². The van der Waals surface area contributed by atoms with Crippen LogP contribution >= 0.6 is 0 Å². The number of likely N-dealkylation sites (N-methyl/N-ethyl adjacent to an activating group) is 1. The van der Waals surface area contributed by atoms with E-state index in [1.165, 1.54) is 32.4 Å². The normalized spacial score (nSPS) is 28.4. The minimum Gasteiger partial charge on any atom is -0.380 e. The van der Waals surface area contributed by atoms with Crippen LogP contribution in [0.5, 0.6) is 0 Å². The molecule has 1 saturated heterocycles. The lowest BCUT2D eigenvalue weighted by molar-refractivity contribution is 0.0704. The van der Waals surface area contributed by atoms with Gasteiger partial charge in [-0.1, -0.05) is 6.92 Å². The Labute approximate surface area is 69.5 Å². The number of methoxy groups -OCH3 is 1. The Morgan fingerprint density at radius 1 is 1.45 bits per heavy atom. The second-order valence-electron chi connectivity index (χ2n) is 3.25. The van der Waals surface area contributed by atoms with Gasteiger partial charge in [-0.05, 0) is 32.4 Å². The fourth-order valence-corrected chi connectivity index (χ4v) is 1.66. The zero-order valence-corrected chi connectivity index (χ0v) is 7.68. The summed E-state index contributed by atoms with van der Waals surface area (Å²) in [5.41, 5.74) is 0. The van der Waals surface area contributed by atoms with Crippen LogP contribution in [0.15, 0.2) is 0 Å². The van der Waals surface area contributed by atoms with Crippen molar-refractivity contribution in [2.45, 2.75) is 32.3 Å². The van der Waals surface area contributed by atoms with Gasteiger partial charge in [0.25, 0.3) is 0 Å². The van der Waals surface area contributed by atoms with E-state index < -0.39 is 0 Å². The third-order valence-electron chi connectivity index (χ3n) is 2.49. The number of rotatable bonds is 2. The third kappa shape index (κ3) is 2.80. The van der Waals surface area contributed by atoms with Crippen molar-refractivity contribution >= 4 is 0 Å². The maximum absolute atomic E-state index is 5.36. The van der Waals surface area contributed by atoms with E-state index >= 15 is 0 Å². The first-order valence-corrected chi connectivity index (χ1v) is 4.62. The molecule has 1 atom stereocenters. The van der Waals surface area contributed by atoms with Gasteiger partial charge in [-0.25, -0.2) is 0 Å². The summed E-state index contributed by atoms with van der Waals surface area (Å²) in [4.78, 5) is 2.47. The van der Waals surface area contributed by atoms with Gasteiger partial charge >= 0.3 is 0 Å². The van der Waals surface area contributed by atoms with E-state index in [0.29, 0.717) is 6.10 Å². The number of ether oxygens (including phenoxy) is 1. The monoisotopic (exact) mass is 157 g/mol. The molecule has 2 heteroatoms. The Morgan fingerprint density at radius 3 is 2.91 bits per heavy atom. The van der Waals surface area contributed by atoms with Gasteiger partial charge < -0.3 is 9.64 Å². The molecule has 66 valence electrons. The van der Waals surface area contributed by atoms with Crippen LogP contribution in [0.1, 0.15) is 26.2 Å².